The molecule has 1 fully saturated rings. The second-order valence-electron chi connectivity index (χ2n) is 2.15. The molecule has 1 heterocycles. The molecule has 5 heteroatoms. The van der Waals surface area contributed by atoms with Crippen LogP contribution in [0.15, 0.2) is 0 Å². The fraction of sp³-hybridized carbons (Fsp3) is 0.800. The predicted molar refractivity (Wildman–Crippen MR) is 28.3 cm³/mol. The zero-order valence-corrected chi connectivity index (χ0v) is 5.07. The first-order valence-electron chi connectivity index (χ1n) is 2.78. The molecule has 3 atom stereocenters. The lowest BCUT2D eigenvalue weighted by Gasteiger charge is -2.15. The van der Waals surface area contributed by atoms with Crippen LogP contribution < -0.4 is 0 Å². The minimum atomic E-state index is -2.83. The van der Waals surface area contributed by atoms with Crippen LogP contribution in [0.4, 0.5) is 4.39 Å². The zero-order valence-electron chi connectivity index (χ0n) is 5.07. The van der Waals surface area contributed by atoms with Crippen LogP contribution in [0.3, 0.4) is 0 Å². The Morgan fingerprint density at radius 1 is 1.70 bits per heavy atom. The van der Waals surface area contributed by atoms with Crippen molar-refractivity contribution >= 4 is 0 Å². The molecule has 1 radical (unpaired) electrons. The van der Waals surface area contributed by atoms with Crippen molar-refractivity contribution in [3.63, 3.8) is 0 Å². The number of aliphatic hydroxyl groups is 3. The number of alkyl halides is 1. The van der Waals surface area contributed by atoms with Gasteiger partial charge in [0.05, 0.1) is 6.61 Å². The summed E-state index contributed by atoms with van der Waals surface area (Å²) in [6, 6.07) is 0. The van der Waals surface area contributed by atoms with Crippen LogP contribution in [0.2, 0.25) is 0 Å². The summed E-state index contributed by atoms with van der Waals surface area (Å²) in [6.45, 7) is -0.0531. The first-order valence-corrected chi connectivity index (χ1v) is 2.78. The van der Waals surface area contributed by atoms with Gasteiger partial charge in [-0.15, -0.1) is 0 Å². The maximum atomic E-state index is 12.5. The molecule has 0 saturated carbocycles. The molecule has 0 bridgehead atoms. The standard InChI is InChI=1S/C5H8FO4/c6-5(9)2-10-3(1-7)4(5)8/h2-4,7-9H,1H2/t3-,4-,5-/m0/s1. The molecular weight excluding hydrogens is 143 g/mol. The Bertz CT molecular complexity index is 127. The van der Waals surface area contributed by atoms with Gasteiger partial charge in [0.2, 0.25) is 0 Å². The lowest BCUT2D eigenvalue weighted by atomic mass is 10.1. The van der Waals surface area contributed by atoms with Gasteiger partial charge in [0.1, 0.15) is 12.2 Å². The minimum absolute atomic E-state index is 0.471. The van der Waals surface area contributed by atoms with Crippen molar-refractivity contribution in [1.82, 2.24) is 0 Å². The summed E-state index contributed by atoms with van der Waals surface area (Å²) in [5.41, 5.74) is 0. The molecule has 59 valence electrons. The average molecular weight is 151 g/mol. The van der Waals surface area contributed by atoms with E-state index in [2.05, 4.69) is 4.74 Å². The number of rotatable bonds is 1. The Morgan fingerprint density at radius 3 is 2.50 bits per heavy atom. The third-order valence-corrected chi connectivity index (χ3v) is 1.36. The Hall–Kier alpha value is -0.230. The second-order valence-corrected chi connectivity index (χ2v) is 2.15. The van der Waals surface area contributed by atoms with E-state index in [1.807, 2.05) is 0 Å². The van der Waals surface area contributed by atoms with E-state index in [0.717, 1.165) is 0 Å². The van der Waals surface area contributed by atoms with Crippen LogP contribution in [0.25, 0.3) is 0 Å². The molecule has 1 aliphatic heterocycles. The van der Waals surface area contributed by atoms with E-state index in [-0.39, 0.29) is 0 Å². The van der Waals surface area contributed by atoms with Gasteiger partial charge in [-0.05, 0) is 0 Å². The van der Waals surface area contributed by atoms with Crippen molar-refractivity contribution in [2.24, 2.45) is 0 Å². The van der Waals surface area contributed by atoms with Gasteiger partial charge in [0.25, 0.3) is 5.85 Å². The third kappa shape index (κ3) is 1.13. The third-order valence-electron chi connectivity index (χ3n) is 1.36. The molecule has 0 amide bonds. The number of halogens is 1. The van der Waals surface area contributed by atoms with Crippen LogP contribution in [0, 0.1) is 6.61 Å². The highest BCUT2D eigenvalue weighted by molar-refractivity contribution is 4.95. The van der Waals surface area contributed by atoms with E-state index in [0.29, 0.717) is 6.61 Å². The highest BCUT2D eigenvalue weighted by Crippen LogP contribution is 2.28. The number of hydrogen-bond acceptors (Lipinski definition) is 4. The van der Waals surface area contributed by atoms with Gasteiger partial charge < -0.3 is 20.1 Å². The molecule has 0 unspecified atom stereocenters. The van der Waals surface area contributed by atoms with E-state index in [1.54, 1.807) is 0 Å². The fourth-order valence-corrected chi connectivity index (χ4v) is 0.731. The van der Waals surface area contributed by atoms with Gasteiger partial charge in [-0.2, -0.15) is 0 Å². The first kappa shape index (κ1) is 7.87. The largest absolute Gasteiger partial charge is 0.394 e. The minimum Gasteiger partial charge on any atom is -0.394 e. The molecule has 1 saturated heterocycles. The van der Waals surface area contributed by atoms with Gasteiger partial charge in [-0.3, -0.25) is 0 Å². The van der Waals surface area contributed by atoms with Crippen molar-refractivity contribution in [2.75, 3.05) is 6.61 Å². The van der Waals surface area contributed by atoms with Gasteiger partial charge in [-0.25, -0.2) is 4.39 Å². The van der Waals surface area contributed by atoms with Crippen molar-refractivity contribution < 1.29 is 24.4 Å². The monoisotopic (exact) mass is 151 g/mol. The molecule has 1 aliphatic rings. The molecule has 4 nitrogen and oxygen atoms in total. The molecule has 0 aromatic rings. The summed E-state index contributed by atoms with van der Waals surface area (Å²) in [5.74, 6) is -2.83. The molecule has 0 aromatic carbocycles. The molecular formula is C5H8FO4. The molecule has 3 N–H and O–H groups in total. The lowest BCUT2D eigenvalue weighted by Crippen LogP contribution is -2.39. The van der Waals surface area contributed by atoms with Crippen LogP contribution >= 0.6 is 0 Å². The highest BCUT2D eigenvalue weighted by atomic mass is 19.2. The highest BCUT2D eigenvalue weighted by Gasteiger charge is 2.48. The van der Waals surface area contributed by atoms with E-state index >= 15 is 0 Å². The van der Waals surface area contributed by atoms with E-state index in [4.69, 9.17) is 15.3 Å². The quantitative estimate of drug-likeness (QED) is 0.429. The van der Waals surface area contributed by atoms with Crippen LogP contribution in [0.1, 0.15) is 0 Å². The van der Waals surface area contributed by atoms with E-state index in [1.165, 1.54) is 0 Å². The Balaban J connectivity index is 2.58. The molecule has 0 spiro atoms. The smallest absolute Gasteiger partial charge is 0.264 e. The molecule has 10 heavy (non-hydrogen) atoms. The normalized spacial score (nSPS) is 48.0. The first-order chi connectivity index (χ1) is 4.58. The van der Waals surface area contributed by atoms with Gasteiger partial charge >= 0.3 is 0 Å². The van der Waals surface area contributed by atoms with Crippen molar-refractivity contribution in [3.05, 3.63) is 6.61 Å². The maximum absolute atomic E-state index is 12.5. The number of ether oxygens (including phenoxy) is 1. The number of hydrogen-bond donors (Lipinski definition) is 3. The summed E-state index contributed by atoms with van der Waals surface area (Å²) in [5, 5.41) is 25.7. The van der Waals surface area contributed by atoms with Crippen molar-refractivity contribution in [1.29, 1.82) is 0 Å². The fourth-order valence-electron chi connectivity index (χ4n) is 0.731. The average Bonchev–Trinajstić information content (AvgIpc) is 2.10. The molecule has 1 rings (SSSR count). The predicted octanol–water partition coefficient (Wildman–Crippen LogP) is -1.44. The summed E-state index contributed by atoms with van der Waals surface area (Å²) in [7, 11) is 0. The van der Waals surface area contributed by atoms with Crippen LogP contribution in [0.5, 0.6) is 0 Å². The maximum Gasteiger partial charge on any atom is 0.264 e. The number of aliphatic hydroxyl groups excluding tert-OH is 2. The summed E-state index contributed by atoms with van der Waals surface area (Å²) >= 11 is 0. The Labute approximate surface area is 56.9 Å². The summed E-state index contributed by atoms with van der Waals surface area (Å²) in [4.78, 5) is 0. The Kier molecular flexibility index (Phi) is 1.91. The SMILES string of the molecule is OC[C@@H]1O[CH][C@@](O)(F)[C@H]1O. The second kappa shape index (κ2) is 2.43. The van der Waals surface area contributed by atoms with Crippen LogP contribution in [-0.2, 0) is 4.74 Å². The zero-order chi connectivity index (χ0) is 7.78. The molecule has 0 aliphatic carbocycles. The van der Waals surface area contributed by atoms with E-state index < -0.39 is 24.7 Å². The van der Waals surface area contributed by atoms with Gasteiger partial charge in [0.15, 0.2) is 6.61 Å². The van der Waals surface area contributed by atoms with Crippen LogP contribution in [-0.4, -0.2) is 40.0 Å². The van der Waals surface area contributed by atoms with Gasteiger partial charge in [0, 0.05) is 0 Å². The molecule has 0 aromatic heterocycles. The topological polar surface area (TPSA) is 69.9 Å². The van der Waals surface area contributed by atoms with E-state index in [9.17, 15) is 4.39 Å². The Morgan fingerprint density at radius 2 is 2.30 bits per heavy atom. The van der Waals surface area contributed by atoms with Crippen molar-refractivity contribution in [2.45, 2.75) is 18.1 Å². The van der Waals surface area contributed by atoms with Crippen molar-refractivity contribution in [3.8, 4) is 0 Å². The summed E-state index contributed by atoms with van der Waals surface area (Å²) < 4.78 is 16.8. The lowest BCUT2D eigenvalue weighted by molar-refractivity contribution is -0.133. The van der Waals surface area contributed by atoms with Gasteiger partial charge in [-0.1, -0.05) is 0 Å². The summed E-state index contributed by atoms with van der Waals surface area (Å²) in [6.07, 6.45) is -2.76.